The summed E-state index contributed by atoms with van der Waals surface area (Å²) in [7, 11) is 1.65. The Kier molecular flexibility index (Phi) is 2.92. The van der Waals surface area contributed by atoms with Gasteiger partial charge in [0.25, 0.3) is 0 Å². The molecule has 0 radical (unpaired) electrons. The molecule has 1 aliphatic rings. The van der Waals surface area contributed by atoms with Gasteiger partial charge in [-0.2, -0.15) is 5.26 Å². The lowest BCUT2D eigenvalue weighted by molar-refractivity contribution is -0.125. The third-order valence-corrected chi connectivity index (χ3v) is 2.25. The lowest BCUT2D eigenvalue weighted by Crippen LogP contribution is -2.37. The largest absolute Gasteiger partial charge is 0.359 e. The molecular formula is C8H13N3O. The van der Waals surface area contributed by atoms with Gasteiger partial charge in [0.15, 0.2) is 6.19 Å². The van der Waals surface area contributed by atoms with Crippen LogP contribution in [0.15, 0.2) is 0 Å². The van der Waals surface area contributed by atoms with Crippen LogP contribution in [0, 0.1) is 17.4 Å². The predicted molar refractivity (Wildman–Crippen MR) is 44.0 cm³/mol. The number of piperidine rings is 1. The molecule has 0 bridgehead atoms. The van der Waals surface area contributed by atoms with Crippen molar-refractivity contribution >= 4 is 5.91 Å². The molecule has 0 unspecified atom stereocenters. The Hall–Kier alpha value is -1.24. The molecule has 0 atom stereocenters. The number of rotatable bonds is 1. The molecule has 66 valence electrons. The molecule has 1 heterocycles. The zero-order chi connectivity index (χ0) is 8.97. The Bertz CT molecular complexity index is 201. The lowest BCUT2D eigenvalue weighted by Gasteiger charge is -2.26. The maximum absolute atomic E-state index is 11.1. The van der Waals surface area contributed by atoms with Crippen LogP contribution < -0.4 is 5.32 Å². The van der Waals surface area contributed by atoms with E-state index >= 15 is 0 Å². The number of carbonyl (C=O) groups excluding carboxylic acids is 1. The van der Waals surface area contributed by atoms with Crippen LogP contribution >= 0.6 is 0 Å². The molecule has 0 spiro atoms. The SMILES string of the molecule is CNC(=O)C1CCN(C#N)CC1. The molecule has 1 saturated heterocycles. The van der Waals surface area contributed by atoms with Crippen LogP contribution in [0.4, 0.5) is 0 Å². The molecule has 0 saturated carbocycles. The van der Waals surface area contributed by atoms with Crippen molar-refractivity contribution in [2.24, 2.45) is 5.92 Å². The highest BCUT2D eigenvalue weighted by atomic mass is 16.1. The van der Waals surface area contributed by atoms with Crippen molar-refractivity contribution in [1.82, 2.24) is 10.2 Å². The van der Waals surface area contributed by atoms with Gasteiger partial charge in [-0.25, -0.2) is 0 Å². The first-order valence-electron chi connectivity index (χ1n) is 4.14. The minimum atomic E-state index is 0.104. The molecule has 1 amide bonds. The molecule has 4 nitrogen and oxygen atoms in total. The van der Waals surface area contributed by atoms with Crippen molar-refractivity contribution in [2.45, 2.75) is 12.8 Å². The number of nitrogens with one attached hydrogen (secondary N) is 1. The highest BCUT2D eigenvalue weighted by molar-refractivity contribution is 5.78. The number of amides is 1. The average molecular weight is 167 g/mol. The summed E-state index contributed by atoms with van der Waals surface area (Å²) in [6.45, 7) is 1.43. The molecule has 1 fully saturated rings. The van der Waals surface area contributed by atoms with Gasteiger partial charge in [0.05, 0.1) is 0 Å². The van der Waals surface area contributed by atoms with Gasteiger partial charge in [0.1, 0.15) is 0 Å². The van der Waals surface area contributed by atoms with E-state index in [-0.39, 0.29) is 11.8 Å². The fourth-order valence-corrected chi connectivity index (χ4v) is 1.45. The van der Waals surface area contributed by atoms with Crippen LogP contribution in [0.25, 0.3) is 0 Å². The molecule has 1 aliphatic heterocycles. The number of nitrogens with zero attached hydrogens (tertiary/aromatic N) is 2. The van der Waals surface area contributed by atoms with Crippen molar-refractivity contribution in [1.29, 1.82) is 5.26 Å². The van der Waals surface area contributed by atoms with Gasteiger partial charge in [-0.15, -0.1) is 0 Å². The van der Waals surface area contributed by atoms with E-state index in [9.17, 15) is 4.79 Å². The lowest BCUT2D eigenvalue weighted by atomic mass is 9.96. The highest BCUT2D eigenvalue weighted by Gasteiger charge is 2.23. The molecule has 12 heavy (non-hydrogen) atoms. The summed E-state index contributed by atoms with van der Waals surface area (Å²) >= 11 is 0. The van der Waals surface area contributed by atoms with Gasteiger partial charge in [-0.3, -0.25) is 4.79 Å². The molecule has 4 heteroatoms. The standard InChI is InChI=1S/C8H13N3O/c1-10-8(12)7-2-4-11(6-9)5-3-7/h7H,2-5H2,1H3,(H,10,12). The van der Waals surface area contributed by atoms with Crippen LogP contribution in [-0.4, -0.2) is 30.9 Å². The van der Waals surface area contributed by atoms with Gasteiger partial charge in [0.2, 0.25) is 5.91 Å². The summed E-state index contributed by atoms with van der Waals surface area (Å²) in [4.78, 5) is 12.8. The maximum Gasteiger partial charge on any atom is 0.222 e. The second-order valence-corrected chi connectivity index (χ2v) is 2.98. The number of hydrogen-bond acceptors (Lipinski definition) is 3. The van der Waals surface area contributed by atoms with Crippen molar-refractivity contribution < 1.29 is 4.79 Å². The van der Waals surface area contributed by atoms with Gasteiger partial charge in [-0.05, 0) is 12.8 Å². The minimum absolute atomic E-state index is 0.104. The van der Waals surface area contributed by atoms with E-state index in [1.807, 2.05) is 0 Å². The third kappa shape index (κ3) is 1.88. The van der Waals surface area contributed by atoms with Gasteiger partial charge in [-0.1, -0.05) is 0 Å². The van der Waals surface area contributed by atoms with E-state index in [0.29, 0.717) is 13.1 Å². The smallest absolute Gasteiger partial charge is 0.222 e. The number of carbonyl (C=O) groups is 1. The van der Waals surface area contributed by atoms with E-state index in [1.165, 1.54) is 0 Å². The highest BCUT2D eigenvalue weighted by Crippen LogP contribution is 2.15. The summed E-state index contributed by atoms with van der Waals surface area (Å²) in [5.41, 5.74) is 0. The monoisotopic (exact) mass is 167 g/mol. The molecule has 1 rings (SSSR count). The van der Waals surface area contributed by atoms with Gasteiger partial charge >= 0.3 is 0 Å². The minimum Gasteiger partial charge on any atom is -0.359 e. The average Bonchev–Trinajstić information content (AvgIpc) is 2.17. The van der Waals surface area contributed by atoms with Crippen molar-refractivity contribution in [2.75, 3.05) is 20.1 Å². The second kappa shape index (κ2) is 3.96. The Morgan fingerprint density at radius 2 is 2.17 bits per heavy atom. The summed E-state index contributed by atoms with van der Waals surface area (Å²) < 4.78 is 0. The fourth-order valence-electron chi connectivity index (χ4n) is 1.45. The first kappa shape index (κ1) is 8.85. The quantitative estimate of drug-likeness (QED) is 0.556. The molecule has 0 aliphatic carbocycles. The molecule has 1 N–H and O–H groups in total. The number of hydrogen-bond donors (Lipinski definition) is 1. The first-order valence-corrected chi connectivity index (χ1v) is 4.14. The Labute approximate surface area is 72.2 Å². The van der Waals surface area contributed by atoms with Crippen molar-refractivity contribution in [3.8, 4) is 6.19 Å². The summed E-state index contributed by atoms with van der Waals surface area (Å²) in [6, 6.07) is 0. The number of likely N-dealkylation sites (tertiary alicyclic amines) is 1. The van der Waals surface area contributed by atoms with E-state index < -0.39 is 0 Å². The van der Waals surface area contributed by atoms with E-state index in [1.54, 1.807) is 11.9 Å². The molecule has 0 aromatic rings. The Morgan fingerprint density at radius 1 is 1.58 bits per heavy atom. The summed E-state index contributed by atoms with van der Waals surface area (Å²) in [5, 5.41) is 11.2. The predicted octanol–water partition coefficient (Wildman–Crippen LogP) is -0.0745. The Balaban J connectivity index is 2.37. The molecular weight excluding hydrogens is 154 g/mol. The summed E-state index contributed by atoms with van der Waals surface area (Å²) in [6.07, 6.45) is 3.68. The summed E-state index contributed by atoms with van der Waals surface area (Å²) in [5.74, 6) is 0.215. The van der Waals surface area contributed by atoms with Crippen LogP contribution in [0.3, 0.4) is 0 Å². The maximum atomic E-state index is 11.1. The normalized spacial score (nSPS) is 18.5. The molecule has 0 aromatic heterocycles. The van der Waals surface area contributed by atoms with Gasteiger partial charge < -0.3 is 10.2 Å². The zero-order valence-electron chi connectivity index (χ0n) is 7.21. The van der Waals surface area contributed by atoms with E-state index in [0.717, 1.165) is 12.8 Å². The molecule has 0 aromatic carbocycles. The van der Waals surface area contributed by atoms with Crippen LogP contribution in [0.2, 0.25) is 0 Å². The van der Waals surface area contributed by atoms with Crippen molar-refractivity contribution in [3.63, 3.8) is 0 Å². The van der Waals surface area contributed by atoms with Crippen molar-refractivity contribution in [3.05, 3.63) is 0 Å². The fraction of sp³-hybridized carbons (Fsp3) is 0.750. The first-order chi connectivity index (χ1) is 5.77. The third-order valence-electron chi connectivity index (χ3n) is 2.25. The second-order valence-electron chi connectivity index (χ2n) is 2.98. The van der Waals surface area contributed by atoms with Crippen LogP contribution in [0.1, 0.15) is 12.8 Å². The van der Waals surface area contributed by atoms with Crippen LogP contribution in [0.5, 0.6) is 0 Å². The van der Waals surface area contributed by atoms with E-state index in [4.69, 9.17) is 5.26 Å². The topological polar surface area (TPSA) is 56.1 Å². The van der Waals surface area contributed by atoms with Gasteiger partial charge in [0, 0.05) is 26.1 Å². The van der Waals surface area contributed by atoms with Crippen LogP contribution in [-0.2, 0) is 4.79 Å². The Morgan fingerprint density at radius 3 is 2.58 bits per heavy atom. The number of nitriles is 1. The van der Waals surface area contributed by atoms with E-state index in [2.05, 4.69) is 11.5 Å². The zero-order valence-corrected chi connectivity index (χ0v) is 7.21.